The molecule has 1 fully saturated rings. The smallest absolute Gasteiger partial charge is 0.243 e. The van der Waals surface area contributed by atoms with Crippen LogP contribution in [-0.2, 0) is 4.79 Å². The van der Waals surface area contributed by atoms with Gasteiger partial charge in [0.2, 0.25) is 5.91 Å². The van der Waals surface area contributed by atoms with Gasteiger partial charge in [0.1, 0.15) is 0 Å². The zero-order valence-electron chi connectivity index (χ0n) is 11.5. The quantitative estimate of drug-likeness (QED) is 0.768. The lowest BCUT2D eigenvalue weighted by molar-refractivity contribution is -0.142. The van der Waals surface area contributed by atoms with Gasteiger partial charge in [0.25, 0.3) is 0 Å². The van der Waals surface area contributed by atoms with Crippen LogP contribution in [0.1, 0.15) is 52.9 Å². The average Bonchev–Trinajstić information content (AvgIpc) is 2.24. The number of carbonyl (C=O) groups excluding carboxylic acids is 1. The second-order valence-corrected chi connectivity index (χ2v) is 6.09. The molecule has 0 unspecified atom stereocenters. The van der Waals surface area contributed by atoms with E-state index in [0.717, 1.165) is 25.7 Å². The molecule has 1 amide bonds. The Morgan fingerprint density at radius 3 is 2.29 bits per heavy atom. The largest absolute Gasteiger partial charge is 0.333 e. The third-order valence-corrected chi connectivity index (χ3v) is 3.54. The van der Waals surface area contributed by atoms with Crippen molar-refractivity contribution >= 4 is 5.91 Å². The van der Waals surface area contributed by atoms with Crippen LogP contribution in [-0.4, -0.2) is 28.4 Å². The summed E-state index contributed by atoms with van der Waals surface area (Å²) in [6, 6.07) is 0. The summed E-state index contributed by atoms with van der Waals surface area (Å²) in [7, 11) is 0. The molecule has 98 valence electrons. The maximum atomic E-state index is 12.6. The van der Waals surface area contributed by atoms with E-state index in [1.165, 1.54) is 6.42 Å². The van der Waals surface area contributed by atoms with Crippen molar-refractivity contribution in [2.24, 2.45) is 5.73 Å². The van der Waals surface area contributed by atoms with Crippen molar-refractivity contribution in [1.82, 2.24) is 4.90 Å². The molecule has 0 aromatic heterocycles. The highest BCUT2D eigenvalue weighted by Crippen LogP contribution is 2.29. The fraction of sp³-hybridized carbons (Fsp3) is 0.786. The minimum atomic E-state index is -0.644. The van der Waals surface area contributed by atoms with Crippen LogP contribution in [0.15, 0.2) is 12.7 Å². The molecule has 0 heterocycles. The summed E-state index contributed by atoms with van der Waals surface area (Å²) in [6.07, 6.45) is 6.73. The number of rotatable bonds is 3. The van der Waals surface area contributed by atoms with Crippen LogP contribution in [0.4, 0.5) is 0 Å². The molecule has 0 bridgehead atoms. The SMILES string of the molecule is C=CCN(C(=O)C1(N)CCCCC1)C(C)(C)C. The summed E-state index contributed by atoms with van der Waals surface area (Å²) in [5.74, 6) is 0.0876. The van der Waals surface area contributed by atoms with E-state index in [-0.39, 0.29) is 11.4 Å². The van der Waals surface area contributed by atoms with Crippen LogP contribution in [0, 0.1) is 0 Å². The van der Waals surface area contributed by atoms with Gasteiger partial charge >= 0.3 is 0 Å². The van der Waals surface area contributed by atoms with Crippen LogP contribution < -0.4 is 5.73 Å². The number of hydrogen-bond acceptors (Lipinski definition) is 2. The van der Waals surface area contributed by atoms with Crippen LogP contribution >= 0.6 is 0 Å². The zero-order valence-corrected chi connectivity index (χ0v) is 11.5. The molecule has 1 aliphatic carbocycles. The Hall–Kier alpha value is -0.830. The molecule has 0 aromatic rings. The maximum Gasteiger partial charge on any atom is 0.243 e. The summed E-state index contributed by atoms with van der Waals surface area (Å²) >= 11 is 0. The van der Waals surface area contributed by atoms with E-state index in [0.29, 0.717) is 6.54 Å². The normalized spacial score (nSPS) is 19.8. The lowest BCUT2D eigenvalue weighted by Crippen LogP contribution is -2.60. The van der Waals surface area contributed by atoms with E-state index in [4.69, 9.17) is 5.73 Å². The summed E-state index contributed by atoms with van der Waals surface area (Å²) in [4.78, 5) is 14.5. The Labute approximate surface area is 105 Å². The maximum absolute atomic E-state index is 12.6. The van der Waals surface area contributed by atoms with Gasteiger partial charge in [-0.05, 0) is 33.6 Å². The molecular weight excluding hydrogens is 212 g/mol. The van der Waals surface area contributed by atoms with Crippen LogP contribution in [0.5, 0.6) is 0 Å². The number of nitrogens with zero attached hydrogens (tertiary/aromatic N) is 1. The second kappa shape index (κ2) is 5.21. The van der Waals surface area contributed by atoms with E-state index in [9.17, 15) is 4.79 Å². The molecule has 17 heavy (non-hydrogen) atoms. The molecule has 0 aromatic carbocycles. The van der Waals surface area contributed by atoms with Gasteiger partial charge in [0, 0.05) is 12.1 Å². The van der Waals surface area contributed by atoms with Gasteiger partial charge in [-0.3, -0.25) is 4.79 Å². The highest BCUT2D eigenvalue weighted by atomic mass is 16.2. The number of carbonyl (C=O) groups is 1. The summed E-state index contributed by atoms with van der Waals surface area (Å²) in [5, 5.41) is 0. The topological polar surface area (TPSA) is 46.3 Å². The van der Waals surface area contributed by atoms with Crippen molar-refractivity contribution < 1.29 is 4.79 Å². The molecule has 0 atom stereocenters. The van der Waals surface area contributed by atoms with Crippen molar-refractivity contribution in [3.05, 3.63) is 12.7 Å². The molecule has 0 aliphatic heterocycles. The molecule has 0 saturated heterocycles. The van der Waals surface area contributed by atoms with Gasteiger partial charge in [-0.2, -0.15) is 0 Å². The van der Waals surface area contributed by atoms with E-state index >= 15 is 0 Å². The van der Waals surface area contributed by atoms with E-state index in [2.05, 4.69) is 6.58 Å². The Morgan fingerprint density at radius 1 is 1.35 bits per heavy atom. The van der Waals surface area contributed by atoms with Gasteiger partial charge < -0.3 is 10.6 Å². The van der Waals surface area contributed by atoms with Crippen molar-refractivity contribution in [2.75, 3.05) is 6.54 Å². The van der Waals surface area contributed by atoms with E-state index in [1.807, 2.05) is 25.7 Å². The second-order valence-electron chi connectivity index (χ2n) is 6.09. The monoisotopic (exact) mass is 238 g/mol. The molecule has 1 saturated carbocycles. The van der Waals surface area contributed by atoms with Crippen molar-refractivity contribution in [1.29, 1.82) is 0 Å². The Morgan fingerprint density at radius 2 is 1.88 bits per heavy atom. The summed E-state index contributed by atoms with van der Waals surface area (Å²) in [5.41, 5.74) is 5.46. The van der Waals surface area contributed by atoms with E-state index in [1.54, 1.807) is 6.08 Å². The van der Waals surface area contributed by atoms with Crippen LogP contribution in [0.25, 0.3) is 0 Å². The Balaban J connectivity index is 2.86. The third kappa shape index (κ3) is 3.32. The zero-order chi connectivity index (χ0) is 13.1. The van der Waals surface area contributed by atoms with Gasteiger partial charge in [-0.1, -0.05) is 25.3 Å². The molecule has 1 rings (SSSR count). The summed E-state index contributed by atoms with van der Waals surface area (Å²) in [6.45, 7) is 10.4. The molecule has 3 nitrogen and oxygen atoms in total. The molecule has 3 heteroatoms. The van der Waals surface area contributed by atoms with Crippen molar-refractivity contribution in [3.8, 4) is 0 Å². The first kappa shape index (κ1) is 14.2. The standard InChI is InChI=1S/C14H26N2O/c1-5-11-16(13(2,3)4)12(17)14(15)9-7-6-8-10-14/h5H,1,6-11,15H2,2-4H3. The van der Waals surface area contributed by atoms with Crippen molar-refractivity contribution in [3.63, 3.8) is 0 Å². The van der Waals surface area contributed by atoms with Gasteiger partial charge in [-0.25, -0.2) is 0 Å². The fourth-order valence-corrected chi connectivity index (χ4v) is 2.46. The lowest BCUT2D eigenvalue weighted by Gasteiger charge is -2.42. The minimum Gasteiger partial charge on any atom is -0.333 e. The predicted octanol–water partition coefficient (Wildman–Crippen LogP) is 2.46. The molecule has 0 spiro atoms. The van der Waals surface area contributed by atoms with E-state index < -0.39 is 5.54 Å². The Bertz CT molecular complexity index is 285. The van der Waals surface area contributed by atoms with Gasteiger partial charge in [0.05, 0.1) is 5.54 Å². The first-order chi connectivity index (χ1) is 7.81. The third-order valence-electron chi connectivity index (χ3n) is 3.54. The predicted molar refractivity (Wildman–Crippen MR) is 71.7 cm³/mol. The Kier molecular flexibility index (Phi) is 4.36. The number of hydrogen-bond donors (Lipinski definition) is 1. The summed E-state index contributed by atoms with van der Waals surface area (Å²) < 4.78 is 0. The van der Waals surface area contributed by atoms with Gasteiger partial charge in [-0.15, -0.1) is 6.58 Å². The highest BCUT2D eigenvalue weighted by molar-refractivity contribution is 5.87. The fourth-order valence-electron chi connectivity index (χ4n) is 2.46. The first-order valence-electron chi connectivity index (χ1n) is 6.53. The number of nitrogens with two attached hydrogens (primary N) is 1. The van der Waals surface area contributed by atoms with Crippen LogP contribution in [0.2, 0.25) is 0 Å². The average molecular weight is 238 g/mol. The molecule has 0 radical (unpaired) electrons. The van der Waals surface area contributed by atoms with Crippen molar-refractivity contribution in [2.45, 2.75) is 64.0 Å². The minimum absolute atomic E-state index is 0.0876. The number of amides is 1. The van der Waals surface area contributed by atoms with Gasteiger partial charge in [0.15, 0.2) is 0 Å². The molecule has 1 aliphatic rings. The first-order valence-corrected chi connectivity index (χ1v) is 6.53. The molecular formula is C14H26N2O. The lowest BCUT2D eigenvalue weighted by atomic mass is 9.80. The van der Waals surface area contributed by atoms with Crippen LogP contribution in [0.3, 0.4) is 0 Å². The molecule has 2 N–H and O–H groups in total. The highest BCUT2D eigenvalue weighted by Gasteiger charge is 2.41.